The quantitative estimate of drug-likeness (QED) is 0.730. The minimum Gasteiger partial charge on any atom is -0.497 e. The summed E-state index contributed by atoms with van der Waals surface area (Å²) in [5.41, 5.74) is 0.867. The molecule has 0 aliphatic rings. The summed E-state index contributed by atoms with van der Waals surface area (Å²) in [6.07, 6.45) is 3.10. The van der Waals surface area contributed by atoms with Crippen molar-refractivity contribution in [3.63, 3.8) is 0 Å². The van der Waals surface area contributed by atoms with E-state index < -0.39 is 0 Å². The molecular formula is C17H27NO2. The highest BCUT2D eigenvalue weighted by atomic mass is 16.5. The van der Waals surface area contributed by atoms with Crippen LogP contribution in [0.4, 0.5) is 0 Å². The van der Waals surface area contributed by atoms with Crippen LogP contribution in [0.2, 0.25) is 0 Å². The summed E-state index contributed by atoms with van der Waals surface area (Å²) in [5, 5.41) is 0. The van der Waals surface area contributed by atoms with E-state index in [1.54, 1.807) is 7.11 Å². The SMILES string of the molecule is CCC(CC)(C(=O)CCc1ccc(OC)cc1)N(C)C. The molecular weight excluding hydrogens is 250 g/mol. The van der Waals surface area contributed by atoms with E-state index in [4.69, 9.17) is 4.74 Å². The molecule has 1 aromatic carbocycles. The van der Waals surface area contributed by atoms with Crippen molar-refractivity contribution in [2.45, 2.75) is 45.1 Å². The predicted octanol–water partition coefficient (Wildman–Crippen LogP) is 3.32. The lowest BCUT2D eigenvalue weighted by molar-refractivity contribution is -0.130. The molecule has 1 rings (SSSR count). The summed E-state index contributed by atoms with van der Waals surface area (Å²) in [6.45, 7) is 4.18. The van der Waals surface area contributed by atoms with Gasteiger partial charge in [-0.05, 0) is 51.1 Å². The molecule has 0 radical (unpaired) electrons. The van der Waals surface area contributed by atoms with Gasteiger partial charge in [-0.15, -0.1) is 0 Å². The lowest BCUT2D eigenvalue weighted by Gasteiger charge is -2.37. The van der Waals surface area contributed by atoms with Gasteiger partial charge in [0.25, 0.3) is 0 Å². The molecule has 0 bridgehead atoms. The summed E-state index contributed by atoms with van der Waals surface area (Å²) >= 11 is 0. The van der Waals surface area contributed by atoms with E-state index >= 15 is 0 Å². The molecule has 0 saturated carbocycles. The topological polar surface area (TPSA) is 29.5 Å². The van der Waals surface area contributed by atoms with Crippen LogP contribution < -0.4 is 4.74 Å². The molecule has 0 amide bonds. The van der Waals surface area contributed by atoms with E-state index in [1.807, 2.05) is 38.4 Å². The van der Waals surface area contributed by atoms with Crippen LogP contribution in [-0.2, 0) is 11.2 Å². The van der Waals surface area contributed by atoms with E-state index in [-0.39, 0.29) is 5.54 Å². The highest BCUT2D eigenvalue weighted by Crippen LogP contribution is 2.25. The Labute approximate surface area is 122 Å². The molecule has 112 valence electrons. The summed E-state index contributed by atoms with van der Waals surface area (Å²) < 4.78 is 5.14. The normalized spacial score (nSPS) is 11.7. The monoisotopic (exact) mass is 277 g/mol. The average molecular weight is 277 g/mol. The Kier molecular flexibility index (Phi) is 6.21. The smallest absolute Gasteiger partial charge is 0.153 e. The molecule has 0 aliphatic carbocycles. The molecule has 3 nitrogen and oxygen atoms in total. The number of aryl methyl sites for hydroxylation is 1. The van der Waals surface area contributed by atoms with E-state index in [2.05, 4.69) is 18.7 Å². The first-order valence-corrected chi connectivity index (χ1v) is 7.33. The number of nitrogens with zero attached hydrogens (tertiary/aromatic N) is 1. The molecule has 0 N–H and O–H groups in total. The van der Waals surface area contributed by atoms with Gasteiger partial charge in [0.2, 0.25) is 0 Å². The Morgan fingerprint density at radius 1 is 1.15 bits per heavy atom. The van der Waals surface area contributed by atoms with Crippen molar-refractivity contribution in [1.82, 2.24) is 4.90 Å². The van der Waals surface area contributed by atoms with Crippen LogP contribution in [0.15, 0.2) is 24.3 Å². The predicted molar refractivity (Wildman–Crippen MR) is 83.3 cm³/mol. The van der Waals surface area contributed by atoms with E-state index in [1.165, 1.54) is 5.56 Å². The third kappa shape index (κ3) is 3.60. The average Bonchev–Trinajstić information content (AvgIpc) is 2.47. The van der Waals surface area contributed by atoms with Crippen LogP contribution in [0.25, 0.3) is 0 Å². The third-order valence-electron chi connectivity index (χ3n) is 4.34. The minimum absolute atomic E-state index is 0.313. The Morgan fingerprint density at radius 3 is 2.10 bits per heavy atom. The Balaban J connectivity index is 2.69. The highest BCUT2D eigenvalue weighted by Gasteiger charge is 2.35. The van der Waals surface area contributed by atoms with Crippen LogP contribution in [-0.4, -0.2) is 37.4 Å². The molecule has 0 saturated heterocycles. The molecule has 0 unspecified atom stereocenters. The fraction of sp³-hybridized carbons (Fsp3) is 0.588. The molecule has 0 aliphatic heterocycles. The second kappa shape index (κ2) is 7.44. The molecule has 0 heterocycles. The van der Waals surface area contributed by atoms with Gasteiger partial charge in [0.1, 0.15) is 5.75 Å². The van der Waals surface area contributed by atoms with Crippen molar-refractivity contribution in [2.75, 3.05) is 21.2 Å². The number of hydrogen-bond donors (Lipinski definition) is 0. The number of benzene rings is 1. The zero-order chi connectivity index (χ0) is 15.2. The number of carbonyl (C=O) groups excluding carboxylic acids is 1. The van der Waals surface area contributed by atoms with Crippen molar-refractivity contribution >= 4 is 5.78 Å². The summed E-state index contributed by atoms with van der Waals surface area (Å²) in [6, 6.07) is 7.94. The first-order chi connectivity index (χ1) is 9.50. The largest absolute Gasteiger partial charge is 0.497 e. The van der Waals surface area contributed by atoms with Gasteiger partial charge in [-0.1, -0.05) is 26.0 Å². The van der Waals surface area contributed by atoms with E-state index in [9.17, 15) is 4.79 Å². The van der Waals surface area contributed by atoms with Gasteiger partial charge in [0.05, 0.1) is 12.6 Å². The fourth-order valence-electron chi connectivity index (χ4n) is 2.81. The van der Waals surface area contributed by atoms with Crippen LogP contribution in [0.1, 0.15) is 38.7 Å². The molecule has 0 fully saturated rings. The molecule has 0 spiro atoms. The highest BCUT2D eigenvalue weighted by molar-refractivity contribution is 5.88. The van der Waals surface area contributed by atoms with Crippen molar-refractivity contribution in [1.29, 1.82) is 0 Å². The van der Waals surface area contributed by atoms with Gasteiger partial charge in [-0.3, -0.25) is 9.69 Å². The Bertz CT molecular complexity index is 419. The maximum absolute atomic E-state index is 12.6. The van der Waals surface area contributed by atoms with Gasteiger partial charge >= 0.3 is 0 Å². The van der Waals surface area contributed by atoms with Gasteiger partial charge < -0.3 is 4.74 Å². The Morgan fingerprint density at radius 2 is 1.70 bits per heavy atom. The van der Waals surface area contributed by atoms with E-state index in [0.29, 0.717) is 12.2 Å². The number of Topliss-reactive ketones (excluding diaryl/α,β-unsaturated/α-hetero) is 1. The number of carbonyl (C=O) groups is 1. The molecule has 3 heteroatoms. The Hall–Kier alpha value is -1.35. The zero-order valence-electron chi connectivity index (χ0n) is 13.4. The first-order valence-electron chi connectivity index (χ1n) is 7.33. The number of likely N-dealkylation sites (N-methyl/N-ethyl adjacent to an activating group) is 1. The van der Waals surface area contributed by atoms with Crippen molar-refractivity contribution < 1.29 is 9.53 Å². The lowest BCUT2D eigenvalue weighted by atomic mass is 9.84. The summed E-state index contributed by atoms with van der Waals surface area (Å²) in [7, 11) is 5.66. The fourth-order valence-corrected chi connectivity index (χ4v) is 2.81. The van der Waals surface area contributed by atoms with Crippen molar-refractivity contribution in [3.05, 3.63) is 29.8 Å². The van der Waals surface area contributed by atoms with E-state index in [0.717, 1.165) is 25.0 Å². The second-order valence-corrected chi connectivity index (χ2v) is 5.40. The second-order valence-electron chi connectivity index (χ2n) is 5.40. The van der Waals surface area contributed by atoms with Crippen LogP contribution in [0.3, 0.4) is 0 Å². The minimum atomic E-state index is -0.313. The number of ether oxygens (including phenoxy) is 1. The number of hydrogen-bond acceptors (Lipinski definition) is 3. The summed E-state index contributed by atoms with van der Waals surface area (Å²) in [4.78, 5) is 14.7. The summed E-state index contributed by atoms with van der Waals surface area (Å²) in [5.74, 6) is 1.19. The van der Waals surface area contributed by atoms with Crippen molar-refractivity contribution in [2.24, 2.45) is 0 Å². The first kappa shape index (κ1) is 16.7. The molecule has 1 aromatic rings. The lowest BCUT2D eigenvalue weighted by Crippen LogP contribution is -2.50. The third-order valence-corrected chi connectivity index (χ3v) is 4.34. The van der Waals surface area contributed by atoms with Gasteiger partial charge in [-0.25, -0.2) is 0 Å². The molecule has 0 atom stereocenters. The van der Waals surface area contributed by atoms with Crippen LogP contribution >= 0.6 is 0 Å². The molecule has 0 aromatic heterocycles. The maximum atomic E-state index is 12.6. The number of rotatable bonds is 8. The standard InChI is InChI=1S/C17H27NO2/c1-6-17(7-2,18(3)4)16(19)13-10-14-8-11-15(20-5)12-9-14/h8-9,11-12H,6-7,10,13H2,1-5H3. The van der Waals surface area contributed by atoms with Gasteiger partial charge in [-0.2, -0.15) is 0 Å². The molecule has 20 heavy (non-hydrogen) atoms. The van der Waals surface area contributed by atoms with Crippen molar-refractivity contribution in [3.8, 4) is 5.75 Å². The van der Waals surface area contributed by atoms with Gasteiger partial charge in [0, 0.05) is 6.42 Å². The maximum Gasteiger partial charge on any atom is 0.153 e. The number of ketones is 1. The van der Waals surface area contributed by atoms with Crippen LogP contribution in [0.5, 0.6) is 5.75 Å². The van der Waals surface area contributed by atoms with Crippen LogP contribution in [0, 0.1) is 0 Å². The zero-order valence-corrected chi connectivity index (χ0v) is 13.4. The van der Waals surface area contributed by atoms with Gasteiger partial charge in [0.15, 0.2) is 5.78 Å². The number of methoxy groups -OCH3 is 1.